The third-order valence-corrected chi connectivity index (χ3v) is 7.76. The first kappa shape index (κ1) is 30.6. The number of aliphatic hydroxyl groups excluding tert-OH is 1. The van der Waals surface area contributed by atoms with Gasteiger partial charge in [0.05, 0.1) is 23.4 Å². The van der Waals surface area contributed by atoms with Crippen LogP contribution >= 0.6 is 11.6 Å². The van der Waals surface area contributed by atoms with E-state index in [1.54, 1.807) is 18.2 Å². The molecule has 5 rings (SSSR count). The predicted octanol–water partition coefficient (Wildman–Crippen LogP) is 6.18. The van der Waals surface area contributed by atoms with Crippen LogP contribution in [0.4, 0.5) is 0 Å². The van der Waals surface area contributed by atoms with Gasteiger partial charge in [0.15, 0.2) is 0 Å². The lowest BCUT2D eigenvalue weighted by atomic mass is 10.0. The second-order valence-corrected chi connectivity index (χ2v) is 11.3. The molecule has 0 spiro atoms. The van der Waals surface area contributed by atoms with E-state index in [4.69, 9.17) is 21.3 Å². The molecule has 8 heteroatoms. The van der Waals surface area contributed by atoms with E-state index in [2.05, 4.69) is 47.5 Å². The average Bonchev–Trinajstić information content (AvgIpc) is 3.57. The quantitative estimate of drug-likeness (QED) is 0.235. The first-order valence-electron chi connectivity index (χ1n) is 14.0. The van der Waals surface area contributed by atoms with Crippen molar-refractivity contribution in [3.63, 3.8) is 0 Å². The molecule has 0 unspecified atom stereocenters. The SMILES string of the molecule is C.Cc1cccn2cc(-c3ccc(C[C@@H](CN4CCC[C@@H]4CO)NC(=O)c4ccc(OC(C)C)c(Cl)c4)cc3)nc12. The van der Waals surface area contributed by atoms with Gasteiger partial charge in [-0.25, -0.2) is 4.98 Å². The summed E-state index contributed by atoms with van der Waals surface area (Å²) in [4.78, 5) is 20.4. The molecule has 0 aliphatic carbocycles. The number of aromatic nitrogens is 2. The molecule has 2 atom stereocenters. The number of nitrogens with one attached hydrogen (secondary N) is 1. The van der Waals surface area contributed by atoms with Crippen molar-refractivity contribution in [1.29, 1.82) is 0 Å². The van der Waals surface area contributed by atoms with Crippen LogP contribution in [-0.2, 0) is 6.42 Å². The Morgan fingerprint density at radius 2 is 1.98 bits per heavy atom. The van der Waals surface area contributed by atoms with Gasteiger partial charge in [-0.2, -0.15) is 0 Å². The maximum absolute atomic E-state index is 13.3. The normalized spacial score (nSPS) is 16.1. The van der Waals surface area contributed by atoms with Crippen molar-refractivity contribution in [1.82, 2.24) is 19.6 Å². The van der Waals surface area contributed by atoms with E-state index in [1.165, 1.54) is 0 Å². The number of carbonyl (C=O) groups excluding carboxylic acids is 1. The Hall–Kier alpha value is -3.39. The molecule has 3 heterocycles. The van der Waals surface area contributed by atoms with Crippen LogP contribution in [0.1, 0.15) is 55.6 Å². The van der Waals surface area contributed by atoms with Crippen molar-refractivity contribution >= 4 is 23.2 Å². The second-order valence-electron chi connectivity index (χ2n) is 10.9. The zero-order valence-electron chi connectivity index (χ0n) is 23.3. The highest BCUT2D eigenvalue weighted by Crippen LogP contribution is 2.27. The van der Waals surface area contributed by atoms with Gasteiger partial charge in [-0.05, 0) is 82.0 Å². The van der Waals surface area contributed by atoms with Crippen molar-refractivity contribution in [2.24, 2.45) is 0 Å². The van der Waals surface area contributed by atoms with Crippen LogP contribution < -0.4 is 10.1 Å². The number of hydrogen-bond acceptors (Lipinski definition) is 5. The van der Waals surface area contributed by atoms with Gasteiger partial charge in [-0.1, -0.05) is 49.4 Å². The van der Waals surface area contributed by atoms with Crippen molar-refractivity contribution in [2.75, 3.05) is 19.7 Å². The molecule has 7 nitrogen and oxygen atoms in total. The minimum atomic E-state index is -0.181. The number of aryl methyl sites for hydroxylation is 1. The number of halogens is 1. The van der Waals surface area contributed by atoms with E-state index in [0.29, 0.717) is 29.3 Å². The van der Waals surface area contributed by atoms with Crippen LogP contribution in [0, 0.1) is 6.92 Å². The summed E-state index contributed by atoms with van der Waals surface area (Å²) in [5.74, 6) is 0.382. The largest absolute Gasteiger partial charge is 0.489 e. The van der Waals surface area contributed by atoms with Crippen molar-refractivity contribution in [3.05, 3.63) is 88.7 Å². The summed E-state index contributed by atoms with van der Waals surface area (Å²) in [5, 5.41) is 13.5. The number of pyridine rings is 1. The highest BCUT2D eigenvalue weighted by molar-refractivity contribution is 6.32. The second kappa shape index (κ2) is 13.5. The molecule has 1 amide bonds. The summed E-state index contributed by atoms with van der Waals surface area (Å²) in [5.41, 5.74) is 5.67. The molecule has 0 saturated carbocycles. The number of hydrogen-bond donors (Lipinski definition) is 2. The zero-order valence-corrected chi connectivity index (χ0v) is 24.1. The van der Waals surface area contributed by atoms with Crippen LogP contribution in [0.2, 0.25) is 5.02 Å². The van der Waals surface area contributed by atoms with Gasteiger partial charge < -0.3 is 19.6 Å². The van der Waals surface area contributed by atoms with Crippen molar-refractivity contribution in [2.45, 2.75) is 65.6 Å². The van der Waals surface area contributed by atoms with Crippen LogP contribution in [-0.4, -0.2) is 63.2 Å². The molecule has 0 radical (unpaired) electrons. The first-order chi connectivity index (χ1) is 19.3. The van der Waals surface area contributed by atoms with E-state index < -0.39 is 0 Å². The summed E-state index contributed by atoms with van der Waals surface area (Å²) >= 11 is 6.41. The topological polar surface area (TPSA) is 79.1 Å². The summed E-state index contributed by atoms with van der Waals surface area (Å²) in [7, 11) is 0. The Morgan fingerprint density at radius 3 is 2.66 bits per heavy atom. The molecular formula is C33H41ClN4O3. The molecule has 41 heavy (non-hydrogen) atoms. The summed E-state index contributed by atoms with van der Waals surface area (Å²) < 4.78 is 7.76. The Kier molecular flexibility index (Phi) is 10.1. The molecule has 2 aromatic heterocycles. The van der Waals surface area contributed by atoms with Gasteiger partial charge in [-0.15, -0.1) is 0 Å². The molecule has 1 aliphatic heterocycles. The minimum absolute atomic E-state index is 0. The fourth-order valence-electron chi connectivity index (χ4n) is 5.44. The highest BCUT2D eigenvalue weighted by atomic mass is 35.5. The molecule has 2 aromatic carbocycles. The molecule has 4 aromatic rings. The number of ether oxygens (including phenoxy) is 1. The van der Waals surface area contributed by atoms with Crippen LogP contribution in [0.25, 0.3) is 16.9 Å². The van der Waals surface area contributed by atoms with E-state index in [1.807, 2.05) is 36.7 Å². The number of likely N-dealkylation sites (tertiary alicyclic amines) is 1. The van der Waals surface area contributed by atoms with Crippen molar-refractivity contribution in [3.8, 4) is 17.0 Å². The fraction of sp³-hybridized carbons (Fsp3) is 0.394. The predicted molar refractivity (Wildman–Crippen MR) is 166 cm³/mol. The molecular weight excluding hydrogens is 536 g/mol. The number of benzene rings is 2. The van der Waals surface area contributed by atoms with E-state index >= 15 is 0 Å². The van der Waals surface area contributed by atoms with E-state index in [9.17, 15) is 9.90 Å². The molecule has 2 N–H and O–H groups in total. The summed E-state index contributed by atoms with van der Waals surface area (Å²) in [6, 6.07) is 17.6. The Balaban J connectivity index is 0.00000387. The van der Waals surface area contributed by atoms with Gasteiger partial charge in [0, 0.05) is 42.1 Å². The van der Waals surface area contributed by atoms with E-state index in [0.717, 1.165) is 47.4 Å². The molecule has 218 valence electrons. The monoisotopic (exact) mass is 576 g/mol. The van der Waals surface area contributed by atoms with Gasteiger partial charge in [-0.3, -0.25) is 9.69 Å². The Labute approximate surface area is 248 Å². The number of imidazole rings is 1. The average molecular weight is 577 g/mol. The lowest BCUT2D eigenvalue weighted by Gasteiger charge is -2.29. The third-order valence-electron chi connectivity index (χ3n) is 7.47. The zero-order chi connectivity index (χ0) is 28.2. The lowest BCUT2D eigenvalue weighted by molar-refractivity contribution is 0.0912. The lowest BCUT2D eigenvalue weighted by Crippen LogP contribution is -2.47. The standard InChI is InChI=1S/C32H37ClN4O3.CH4/c1-21(2)40-30-13-12-25(17-28(30)33)32(39)34-26(18-36-14-5-7-27(36)20-38)16-23-8-10-24(11-9-23)29-19-37-15-4-6-22(3)31(37)35-29;/h4,6,8-13,15,17,19,21,26-27,38H,5,7,14,16,18,20H2,1-3H3,(H,34,39);1H4/t26-,27+;/m0./s1. The van der Waals surface area contributed by atoms with Gasteiger partial charge in [0.25, 0.3) is 5.91 Å². The Bertz CT molecular complexity index is 1470. The minimum Gasteiger partial charge on any atom is -0.489 e. The number of amides is 1. The van der Waals surface area contributed by atoms with Crippen molar-refractivity contribution < 1.29 is 14.6 Å². The number of nitrogens with zero attached hydrogens (tertiary/aromatic N) is 3. The maximum Gasteiger partial charge on any atom is 0.251 e. The Morgan fingerprint density at radius 1 is 1.20 bits per heavy atom. The number of aliphatic hydroxyl groups is 1. The third kappa shape index (κ3) is 7.28. The van der Waals surface area contributed by atoms with E-state index in [-0.39, 0.29) is 38.1 Å². The number of fused-ring (bicyclic) bond motifs is 1. The molecule has 1 fully saturated rings. The molecule has 1 saturated heterocycles. The van der Waals surface area contributed by atoms with Crippen LogP contribution in [0.5, 0.6) is 5.75 Å². The number of rotatable bonds is 10. The highest BCUT2D eigenvalue weighted by Gasteiger charge is 2.27. The van der Waals surface area contributed by atoms with Crippen LogP contribution in [0.15, 0.2) is 67.0 Å². The molecule has 1 aliphatic rings. The maximum atomic E-state index is 13.3. The van der Waals surface area contributed by atoms with Gasteiger partial charge >= 0.3 is 0 Å². The fourth-order valence-corrected chi connectivity index (χ4v) is 5.66. The summed E-state index contributed by atoms with van der Waals surface area (Å²) in [6.07, 6.45) is 6.73. The summed E-state index contributed by atoms with van der Waals surface area (Å²) in [6.45, 7) is 7.63. The first-order valence-corrected chi connectivity index (χ1v) is 14.3. The smallest absolute Gasteiger partial charge is 0.251 e. The molecule has 0 bridgehead atoms. The van der Waals surface area contributed by atoms with Gasteiger partial charge in [0.1, 0.15) is 11.4 Å². The number of carbonyl (C=O) groups is 1. The van der Waals surface area contributed by atoms with Crippen LogP contribution in [0.3, 0.4) is 0 Å². The van der Waals surface area contributed by atoms with Gasteiger partial charge in [0.2, 0.25) is 0 Å².